The first-order valence-electron chi connectivity index (χ1n) is 5.95. The number of sulfonamides is 1. The second-order valence-corrected chi connectivity index (χ2v) is 6.30. The van der Waals surface area contributed by atoms with Crippen LogP contribution in [0.5, 0.6) is 0 Å². The van der Waals surface area contributed by atoms with E-state index in [-0.39, 0.29) is 30.2 Å². The molecule has 0 spiro atoms. The van der Waals surface area contributed by atoms with Gasteiger partial charge in [0.1, 0.15) is 0 Å². The molecule has 7 heteroatoms. The van der Waals surface area contributed by atoms with Gasteiger partial charge in [0, 0.05) is 25.0 Å². The summed E-state index contributed by atoms with van der Waals surface area (Å²) in [5.74, 6) is -0.206. The number of hydrogen-bond acceptors (Lipinski definition) is 4. The molecular formula is C10H21N3O3S. The van der Waals surface area contributed by atoms with Crippen molar-refractivity contribution in [3.63, 3.8) is 0 Å². The highest BCUT2D eigenvalue weighted by atomic mass is 32.2. The molecule has 4 N–H and O–H groups in total. The van der Waals surface area contributed by atoms with Crippen molar-refractivity contribution in [3.8, 4) is 0 Å². The predicted molar refractivity (Wildman–Crippen MR) is 65.8 cm³/mol. The smallest absolute Gasteiger partial charge is 0.223 e. The molecule has 0 bridgehead atoms. The van der Waals surface area contributed by atoms with Crippen molar-refractivity contribution in [2.24, 2.45) is 11.7 Å². The van der Waals surface area contributed by atoms with Gasteiger partial charge in [-0.05, 0) is 19.3 Å². The standard InChI is InChI=1S/C10H21N3O3S/c1-2-13-17(15,16)6-5-12-10(14)8-3-4-9(11)7-8/h8-9,13H,2-7,11H2,1H3,(H,12,14). The van der Waals surface area contributed by atoms with Gasteiger partial charge in [-0.3, -0.25) is 4.79 Å². The lowest BCUT2D eigenvalue weighted by atomic mass is 10.1. The van der Waals surface area contributed by atoms with Crippen LogP contribution < -0.4 is 15.8 Å². The van der Waals surface area contributed by atoms with Gasteiger partial charge in [-0.2, -0.15) is 0 Å². The van der Waals surface area contributed by atoms with Gasteiger partial charge in [0.15, 0.2) is 0 Å². The maximum atomic E-state index is 11.7. The van der Waals surface area contributed by atoms with Gasteiger partial charge in [0.25, 0.3) is 0 Å². The zero-order valence-corrected chi connectivity index (χ0v) is 10.9. The summed E-state index contributed by atoms with van der Waals surface area (Å²) in [4.78, 5) is 11.7. The summed E-state index contributed by atoms with van der Waals surface area (Å²) >= 11 is 0. The molecule has 0 saturated heterocycles. The highest BCUT2D eigenvalue weighted by Crippen LogP contribution is 2.23. The molecule has 17 heavy (non-hydrogen) atoms. The van der Waals surface area contributed by atoms with Crippen molar-refractivity contribution in [1.82, 2.24) is 10.0 Å². The van der Waals surface area contributed by atoms with Crippen molar-refractivity contribution in [2.75, 3.05) is 18.8 Å². The Hall–Kier alpha value is -0.660. The highest BCUT2D eigenvalue weighted by Gasteiger charge is 2.27. The molecule has 6 nitrogen and oxygen atoms in total. The number of carbonyl (C=O) groups excluding carboxylic acids is 1. The summed E-state index contributed by atoms with van der Waals surface area (Å²) in [6, 6.07) is 0.108. The van der Waals surface area contributed by atoms with Crippen LogP contribution in [-0.4, -0.2) is 39.2 Å². The minimum atomic E-state index is -3.25. The Morgan fingerprint density at radius 1 is 1.41 bits per heavy atom. The molecular weight excluding hydrogens is 242 g/mol. The molecule has 100 valence electrons. The molecule has 2 unspecified atom stereocenters. The fraction of sp³-hybridized carbons (Fsp3) is 0.900. The third-order valence-electron chi connectivity index (χ3n) is 2.88. The predicted octanol–water partition coefficient (Wildman–Crippen LogP) is -0.831. The lowest BCUT2D eigenvalue weighted by Crippen LogP contribution is -2.36. The maximum absolute atomic E-state index is 11.7. The number of rotatable bonds is 6. The van der Waals surface area contributed by atoms with Gasteiger partial charge in [0.05, 0.1) is 5.75 Å². The molecule has 0 aromatic rings. The van der Waals surface area contributed by atoms with Crippen molar-refractivity contribution < 1.29 is 13.2 Å². The van der Waals surface area contributed by atoms with E-state index in [0.29, 0.717) is 13.0 Å². The van der Waals surface area contributed by atoms with Crippen LogP contribution >= 0.6 is 0 Å². The quantitative estimate of drug-likeness (QED) is 0.582. The lowest BCUT2D eigenvalue weighted by molar-refractivity contribution is -0.124. The third kappa shape index (κ3) is 5.01. The third-order valence-corrected chi connectivity index (χ3v) is 4.35. The molecule has 1 amide bonds. The topological polar surface area (TPSA) is 101 Å². The SMILES string of the molecule is CCNS(=O)(=O)CCNC(=O)C1CCC(N)C1. The minimum absolute atomic E-state index is 0.0492. The molecule has 1 fully saturated rings. The minimum Gasteiger partial charge on any atom is -0.355 e. The monoisotopic (exact) mass is 263 g/mol. The molecule has 1 aliphatic rings. The van der Waals surface area contributed by atoms with E-state index in [0.717, 1.165) is 12.8 Å². The zero-order valence-electron chi connectivity index (χ0n) is 10.1. The second-order valence-electron chi connectivity index (χ2n) is 4.38. The van der Waals surface area contributed by atoms with Crippen LogP contribution in [0, 0.1) is 5.92 Å². The number of nitrogens with two attached hydrogens (primary N) is 1. The van der Waals surface area contributed by atoms with Crippen LogP contribution in [0.1, 0.15) is 26.2 Å². The Bertz CT molecular complexity index is 356. The molecule has 2 atom stereocenters. The fourth-order valence-electron chi connectivity index (χ4n) is 2.00. The number of amides is 1. The fourth-order valence-corrected chi connectivity index (χ4v) is 2.95. The summed E-state index contributed by atoms with van der Waals surface area (Å²) < 4.78 is 25.0. The average molecular weight is 263 g/mol. The molecule has 0 aromatic heterocycles. The molecule has 1 saturated carbocycles. The van der Waals surface area contributed by atoms with Crippen LogP contribution in [0.25, 0.3) is 0 Å². The Balaban J connectivity index is 2.25. The van der Waals surface area contributed by atoms with E-state index in [2.05, 4.69) is 10.0 Å². The Labute approximate surface area is 102 Å². The number of carbonyl (C=O) groups is 1. The largest absolute Gasteiger partial charge is 0.355 e. The zero-order chi connectivity index (χ0) is 12.9. The molecule has 0 radical (unpaired) electrons. The average Bonchev–Trinajstić information content (AvgIpc) is 2.64. The van der Waals surface area contributed by atoms with Gasteiger partial charge in [-0.15, -0.1) is 0 Å². The van der Waals surface area contributed by atoms with Gasteiger partial charge < -0.3 is 11.1 Å². The van der Waals surface area contributed by atoms with Crippen molar-refractivity contribution in [2.45, 2.75) is 32.2 Å². The van der Waals surface area contributed by atoms with Crippen LogP contribution in [0.2, 0.25) is 0 Å². The van der Waals surface area contributed by atoms with E-state index in [9.17, 15) is 13.2 Å². The van der Waals surface area contributed by atoms with Gasteiger partial charge >= 0.3 is 0 Å². The van der Waals surface area contributed by atoms with Gasteiger partial charge in [-0.1, -0.05) is 6.92 Å². The van der Waals surface area contributed by atoms with E-state index >= 15 is 0 Å². The number of nitrogens with one attached hydrogen (secondary N) is 2. The van der Waals surface area contributed by atoms with E-state index in [1.54, 1.807) is 6.92 Å². The van der Waals surface area contributed by atoms with Gasteiger partial charge in [0.2, 0.25) is 15.9 Å². The summed E-state index contributed by atoms with van der Waals surface area (Å²) in [6.07, 6.45) is 2.37. The second kappa shape index (κ2) is 6.32. The summed E-state index contributed by atoms with van der Waals surface area (Å²) in [7, 11) is -3.25. The van der Waals surface area contributed by atoms with Gasteiger partial charge in [-0.25, -0.2) is 13.1 Å². The Morgan fingerprint density at radius 3 is 2.65 bits per heavy atom. The van der Waals surface area contributed by atoms with Crippen LogP contribution in [0.4, 0.5) is 0 Å². The maximum Gasteiger partial charge on any atom is 0.223 e. The summed E-state index contributed by atoms with van der Waals surface area (Å²) in [5.41, 5.74) is 5.71. The molecule has 0 aliphatic heterocycles. The Kier molecular flexibility index (Phi) is 5.35. The first-order chi connectivity index (χ1) is 7.94. The summed E-state index contributed by atoms with van der Waals surface area (Å²) in [5, 5.41) is 2.65. The van der Waals surface area contributed by atoms with E-state index < -0.39 is 10.0 Å². The highest BCUT2D eigenvalue weighted by molar-refractivity contribution is 7.89. The lowest BCUT2D eigenvalue weighted by Gasteiger charge is -2.10. The normalized spacial score (nSPS) is 24.8. The summed E-state index contributed by atoms with van der Waals surface area (Å²) in [6.45, 7) is 2.24. The van der Waals surface area contributed by atoms with Crippen molar-refractivity contribution >= 4 is 15.9 Å². The van der Waals surface area contributed by atoms with Crippen LogP contribution in [-0.2, 0) is 14.8 Å². The van der Waals surface area contributed by atoms with Crippen LogP contribution in [0.3, 0.4) is 0 Å². The molecule has 0 heterocycles. The molecule has 0 aromatic carbocycles. The van der Waals surface area contributed by atoms with E-state index in [1.807, 2.05) is 0 Å². The molecule has 1 rings (SSSR count). The number of hydrogen-bond donors (Lipinski definition) is 3. The Morgan fingerprint density at radius 2 is 2.12 bits per heavy atom. The van der Waals surface area contributed by atoms with Crippen LogP contribution in [0.15, 0.2) is 0 Å². The van der Waals surface area contributed by atoms with E-state index in [4.69, 9.17) is 5.73 Å². The van der Waals surface area contributed by atoms with Crippen molar-refractivity contribution in [3.05, 3.63) is 0 Å². The van der Waals surface area contributed by atoms with Crippen molar-refractivity contribution in [1.29, 1.82) is 0 Å². The van der Waals surface area contributed by atoms with E-state index in [1.165, 1.54) is 0 Å². The first-order valence-corrected chi connectivity index (χ1v) is 7.60. The molecule has 1 aliphatic carbocycles. The first kappa shape index (κ1) is 14.4.